The average Bonchev–Trinajstić information content (AvgIpc) is 2.90. The van der Waals surface area contributed by atoms with E-state index in [0.29, 0.717) is 0 Å². The molecule has 0 bridgehead atoms. The number of hydrogen-bond acceptors (Lipinski definition) is 5. The second-order valence-electron chi connectivity index (χ2n) is 3.56. The molecule has 2 heterocycles. The summed E-state index contributed by atoms with van der Waals surface area (Å²) in [5.41, 5.74) is 2.30. The van der Waals surface area contributed by atoms with E-state index in [9.17, 15) is 0 Å². The fourth-order valence-corrected chi connectivity index (χ4v) is 2.84. The molecule has 16 heavy (non-hydrogen) atoms. The molecule has 2 aliphatic heterocycles. The molecule has 2 aliphatic rings. The Labute approximate surface area is 97.9 Å². The fraction of sp³-hybridized carbons (Fsp3) is 0.182. The molecule has 0 saturated carbocycles. The normalized spacial score (nSPS) is 22.6. The van der Waals surface area contributed by atoms with Crippen molar-refractivity contribution in [2.45, 2.75) is 5.50 Å². The first-order valence-corrected chi connectivity index (χ1v) is 5.95. The first-order chi connectivity index (χ1) is 7.90. The van der Waals surface area contributed by atoms with Gasteiger partial charge in [0, 0.05) is 11.0 Å². The zero-order valence-electron chi connectivity index (χ0n) is 8.52. The van der Waals surface area contributed by atoms with Gasteiger partial charge in [-0.3, -0.25) is 0 Å². The van der Waals surface area contributed by atoms with Gasteiger partial charge in [0.15, 0.2) is 5.50 Å². The number of aliphatic hydroxyl groups excluding tert-OH is 1. The zero-order chi connectivity index (χ0) is 11.0. The van der Waals surface area contributed by atoms with E-state index in [1.54, 1.807) is 23.0 Å². The number of hydrogen-bond donors (Lipinski definition) is 1. The predicted octanol–water partition coefficient (Wildman–Crippen LogP) is 1.53. The molecule has 5 heteroatoms. The first-order valence-electron chi connectivity index (χ1n) is 5.01. The van der Waals surface area contributed by atoms with Gasteiger partial charge in [0.05, 0.1) is 5.70 Å². The quantitative estimate of drug-likeness (QED) is 0.840. The summed E-state index contributed by atoms with van der Waals surface area (Å²) in [6, 6.07) is 10.1. The maximum absolute atomic E-state index is 9.14. The van der Waals surface area contributed by atoms with E-state index >= 15 is 0 Å². The number of thioether (sulfide) groups is 1. The minimum absolute atomic E-state index is 0.00637. The number of aliphatic hydroxyl groups is 1. The molecule has 1 aromatic carbocycles. The van der Waals surface area contributed by atoms with E-state index in [1.807, 2.05) is 23.2 Å². The van der Waals surface area contributed by atoms with E-state index < -0.39 is 0 Å². The van der Waals surface area contributed by atoms with Gasteiger partial charge in [0.2, 0.25) is 0 Å². The minimum atomic E-state index is -0.00637. The number of hydrazone groups is 1. The van der Waals surface area contributed by atoms with E-state index in [1.165, 1.54) is 0 Å². The largest absolute Gasteiger partial charge is 0.376 e. The van der Waals surface area contributed by atoms with Crippen LogP contribution in [0.5, 0.6) is 0 Å². The van der Waals surface area contributed by atoms with Crippen molar-refractivity contribution in [2.24, 2.45) is 5.10 Å². The molecule has 0 aromatic heterocycles. The maximum Gasteiger partial charge on any atom is 0.178 e. The SMILES string of the molecule is OCN1C=NN2C(c3ccccc3)=CSC12. The molecule has 0 saturated heterocycles. The van der Waals surface area contributed by atoms with Gasteiger partial charge in [-0.25, -0.2) is 5.01 Å². The number of fused-ring (bicyclic) bond motifs is 1. The molecule has 0 radical (unpaired) electrons. The summed E-state index contributed by atoms with van der Waals surface area (Å²) >= 11 is 1.65. The van der Waals surface area contributed by atoms with Gasteiger partial charge in [0.1, 0.15) is 13.1 Å². The predicted molar refractivity (Wildman–Crippen MR) is 65.1 cm³/mol. The third kappa shape index (κ3) is 1.40. The lowest BCUT2D eigenvalue weighted by Gasteiger charge is -2.23. The molecule has 0 spiro atoms. The lowest BCUT2D eigenvalue weighted by molar-refractivity contribution is 0.142. The van der Waals surface area contributed by atoms with Gasteiger partial charge < -0.3 is 10.0 Å². The van der Waals surface area contributed by atoms with Crippen LogP contribution >= 0.6 is 11.8 Å². The smallest absolute Gasteiger partial charge is 0.178 e. The molecule has 0 aliphatic carbocycles. The molecule has 0 fully saturated rings. The van der Waals surface area contributed by atoms with Crippen LogP contribution in [-0.4, -0.2) is 33.6 Å². The molecule has 82 valence electrons. The Morgan fingerprint density at radius 3 is 2.88 bits per heavy atom. The van der Waals surface area contributed by atoms with Gasteiger partial charge in [-0.1, -0.05) is 42.1 Å². The van der Waals surface area contributed by atoms with Crippen molar-refractivity contribution in [2.75, 3.05) is 6.73 Å². The summed E-state index contributed by atoms with van der Waals surface area (Å²) in [7, 11) is 0. The van der Waals surface area contributed by atoms with E-state index in [0.717, 1.165) is 11.3 Å². The van der Waals surface area contributed by atoms with Crippen LogP contribution in [0.15, 0.2) is 40.8 Å². The van der Waals surface area contributed by atoms with Gasteiger partial charge >= 0.3 is 0 Å². The molecule has 1 unspecified atom stereocenters. The summed E-state index contributed by atoms with van der Waals surface area (Å²) in [5.74, 6) is 0. The zero-order valence-corrected chi connectivity index (χ0v) is 9.34. The number of nitrogens with zero attached hydrogens (tertiary/aromatic N) is 3. The molecule has 1 aromatic rings. The fourth-order valence-electron chi connectivity index (χ4n) is 1.79. The van der Waals surface area contributed by atoms with E-state index in [2.05, 4.69) is 22.6 Å². The van der Waals surface area contributed by atoms with Crippen molar-refractivity contribution in [3.63, 3.8) is 0 Å². The summed E-state index contributed by atoms with van der Waals surface area (Å²) in [6.45, 7) is -0.00637. The molecule has 4 nitrogen and oxygen atoms in total. The summed E-state index contributed by atoms with van der Waals surface area (Å²) in [4.78, 5) is 1.79. The van der Waals surface area contributed by atoms with Gasteiger partial charge in [-0.15, -0.1) is 0 Å². The van der Waals surface area contributed by atoms with Gasteiger partial charge in [0.25, 0.3) is 0 Å². The van der Waals surface area contributed by atoms with E-state index in [4.69, 9.17) is 5.11 Å². The van der Waals surface area contributed by atoms with Crippen LogP contribution < -0.4 is 0 Å². The highest BCUT2D eigenvalue weighted by atomic mass is 32.2. The molecule has 0 amide bonds. The van der Waals surface area contributed by atoms with Crippen LogP contribution in [0.1, 0.15) is 5.56 Å². The van der Waals surface area contributed by atoms with Crippen molar-refractivity contribution >= 4 is 23.8 Å². The van der Waals surface area contributed by atoms with Crippen LogP contribution in [0.3, 0.4) is 0 Å². The van der Waals surface area contributed by atoms with E-state index in [-0.39, 0.29) is 12.2 Å². The number of rotatable bonds is 2. The van der Waals surface area contributed by atoms with Gasteiger partial charge in [-0.2, -0.15) is 5.10 Å². The van der Waals surface area contributed by atoms with Crippen molar-refractivity contribution in [1.82, 2.24) is 9.91 Å². The van der Waals surface area contributed by atoms with Crippen molar-refractivity contribution in [1.29, 1.82) is 0 Å². The lowest BCUT2D eigenvalue weighted by Crippen LogP contribution is -2.33. The second-order valence-corrected chi connectivity index (χ2v) is 4.49. The third-order valence-corrected chi connectivity index (χ3v) is 3.67. The van der Waals surface area contributed by atoms with Crippen LogP contribution in [-0.2, 0) is 0 Å². The molecular formula is C11H11N3OS. The van der Waals surface area contributed by atoms with Crippen LogP contribution in [0.25, 0.3) is 5.70 Å². The van der Waals surface area contributed by atoms with Crippen LogP contribution in [0.2, 0.25) is 0 Å². The van der Waals surface area contributed by atoms with Crippen LogP contribution in [0, 0.1) is 0 Å². The lowest BCUT2D eigenvalue weighted by atomic mass is 10.2. The van der Waals surface area contributed by atoms with Crippen molar-refractivity contribution in [3.05, 3.63) is 41.3 Å². The Kier molecular flexibility index (Phi) is 2.34. The Bertz CT molecular complexity index is 446. The number of benzene rings is 1. The molecule has 3 rings (SSSR count). The average molecular weight is 233 g/mol. The minimum Gasteiger partial charge on any atom is -0.376 e. The summed E-state index contributed by atoms with van der Waals surface area (Å²) in [5, 5.41) is 17.4. The topological polar surface area (TPSA) is 39.1 Å². The summed E-state index contributed by atoms with van der Waals surface area (Å²) < 4.78 is 0. The Morgan fingerprint density at radius 2 is 2.12 bits per heavy atom. The first kappa shape index (κ1) is 9.74. The highest BCUT2D eigenvalue weighted by Gasteiger charge is 2.34. The van der Waals surface area contributed by atoms with Crippen molar-refractivity contribution < 1.29 is 5.11 Å². The maximum atomic E-state index is 9.14. The highest BCUT2D eigenvalue weighted by molar-refractivity contribution is 8.03. The standard InChI is InChI=1S/C11H11N3OS/c15-8-13-7-12-14-10(6-16-11(13)14)9-4-2-1-3-5-9/h1-7,11,15H,8H2. The third-order valence-electron chi connectivity index (χ3n) is 2.60. The monoisotopic (exact) mass is 233 g/mol. The molecule has 1 N–H and O–H groups in total. The molecule has 1 atom stereocenters. The van der Waals surface area contributed by atoms with Crippen LogP contribution in [0.4, 0.5) is 0 Å². The van der Waals surface area contributed by atoms with Gasteiger partial charge in [-0.05, 0) is 0 Å². The Hall–Kier alpha value is -1.46. The van der Waals surface area contributed by atoms with Crippen molar-refractivity contribution in [3.8, 4) is 0 Å². The Morgan fingerprint density at radius 1 is 1.31 bits per heavy atom. The summed E-state index contributed by atoms with van der Waals surface area (Å²) in [6.07, 6.45) is 1.67. The Balaban J connectivity index is 1.88. The highest BCUT2D eigenvalue weighted by Crippen LogP contribution is 2.40. The second kappa shape index (κ2) is 3.84. The molecular weight excluding hydrogens is 222 g/mol.